The second kappa shape index (κ2) is 7.14. The first-order valence-electron chi connectivity index (χ1n) is 8.04. The van der Waals surface area contributed by atoms with Crippen LogP contribution in [0.5, 0.6) is 5.75 Å². The molecule has 4 heteroatoms. The average molecular weight is 291 g/mol. The van der Waals surface area contributed by atoms with E-state index in [1.54, 1.807) is 0 Å². The van der Waals surface area contributed by atoms with Crippen molar-refractivity contribution in [3.05, 3.63) is 23.8 Å². The highest BCUT2D eigenvalue weighted by Crippen LogP contribution is 2.30. The molecule has 2 rings (SSSR count). The summed E-state index contributed by atoms with van der Waals surface area (Å²) in [6, 6.07) is 6.78. The molecule has 118 valence electrons. The molecule has 0 radical (unpaired) electrons. The van der Waals surface area contributed by atoms with Crippen molar-refractivity contribution >= 4 is 5.69 Å². The molecular weight excluding hydrogens is 262 g/mol. The molecule has 0 spiro atoms. The summed E-state index contributed by atoms with van der Waals surface area (Å²) in [5.74, 6) is 0.398. The van der Waals surface area contributed by atoms with Crippen LogP contribution in [-0.2, 0) is 0 Å². The number of phenols is 1. The van der Waals surface area contributed by atoms with Gasteiger partial charge in [-0.25, -0.2) is 0 Å². The number of phenolic OH excluding ortho intramolecular Hbond substituents is 1. The van der Waals surface area contributed by atoms with Crippen molar-refractivity contribution in [2.45, 2.75) is 39.3 Å². The lowest BCUT2D eigenvalue weighted by Crippen LogP contribution is -2.50. The maximum absolute atomic E-state index is 10.4. The van der Waals surface area contributed by atoms with E-state index in [2.05, 4.69) is 55.1 Å². The largest absolute Gasteiger partial charge is 0.508 e. The zero-order valence-corrected chi connectivity index (χ0v) is 13.8. The Morgan fingerprint density at radius 3 is 2.76 bits per heavy atom. The predicted octanol–water partition coefficient (Wildman–Crippen LogP) is 2.59. The Morgan fingerprint density at radius 2 is 2.14 bits per heavy atom. The van der Waals surface area contributed by atoms with Crippen LogP contribution in [0.25, 0.3) is 0 Å². The topological polar surface area (TPSA) is 38.7 Å². The van der Waals surface area contributed by atoms with E-state index >= 15 is 0 Å². The number of hydrogen-bond acceptors (Lipinski definition) is 4. The van der Waals surface area contributed by atoms with E-state index in [9.17, 15) is 5.11 Å². The van der Waals surface area contributed by atoms with E-state index in [1.807, 2.05) is 6.07 Å². The van der Waals surface area contributed by atoms with Crippen LogP contribution in [0.15, 0.2) is 18.2 Å². The van der Waals surface area contributed by atoms with E-state index in [1.165, 1.54) is 0 Å². The summed E-state index contributed by atoms with van der Waals surface area (Å²) >= 11 is 0. The molecule has 0 aromatic heterocycles. The fourth-order valence-electron chi connectivity index (χ4n) is 3.07. The molecule has 1 heterocycles. The Balaban J connectivity index is 2.11. The predicted molar refractivity (Wildman–Crippen MR) is 89.1 cm³/mol. The summed E-state index contributed by atoms with van der Waals surface area (Å²) in [6.45, 7) is 10.6. The molecular formula is C17H29N3O. The van der Waals surface area contributed by atoms with Crippen molar-refractivity contribution in [1.29, 1.82) is 0 Å². The van der Waals surface area contributed by atoms with E-state index in [0.29, 0.717) is 11.8 Å². The van der Waals surface area contributed by atoms with Crippen LogP contribution in [0.1, 0.15) is 38.8 Å². The number of nitrogens with one attached hydrogen (secondary N) is 1. The minimum Gasteiger partial charge on any atom is -0.508 e. The Morgan fingerprint density at radius 1 is 1.38 bits per heavy atom. The van der Waals surface area contributed by atoms with Crippen LogP contribution >= 0.6 is 0 Å². The summed E-state index contributed by atoms with van der Waals surface area (Å²) in [7, 11) is 2.16. The number of rotatable bonds is 5. The van der Waals surface area contributed by atoms with Gasteiger partial charge in [-0.1, -0.05) is 13.0 Å². The third-order valence-electron chi connectivity index (χ3n) is 4.34. The van der Waals surface area contributed by atoms with Crippen LogP contribution < -0.4 is 10.2 Å². The molecule has 0 bridgehead atoms. The zero-order chi connectivity index (χ0) is 15.4. The van der Waals surface area contributed by atoms with Gasteiger partial charge < -0.3 is 20.2 Å². The van der Waals surface area contributed by atoms with Crippen LogP contribution in [0.4, 0.5) is 5.69 Å². The maximum Gasteiger partial charge on any atom is 0.122 e. The number of piperazine rings is 1. The summed E-state index contributed by atoms with van der Waals surface area (Å²) in [5, 5.41) is 13.8. The van der Waals surface area contributed by atoms with Crippen molar-refractivity contribution in [2.75, 3.05) is 38.1 Å². The van der Waals surface area contributed by atoms with Crippen molar-refractivity contribution in [3.8, 4) is 5.75 Å². The lowest BCUT2D eigenvalue weighted by Gasteiger charge is -2.40. The molecule has 1 aliphatic rings. The van der Waals surface area contributed by atoms with E-state index in [4.69, 9.17) is 0 Å². The fraction of sp³-hybridized carbons (Fsp3) is 0.647. The standard InChI is InChI=1S/C17H29N3O/c1-5-8-18-14(3)16-7-6-15(11-17(16)21)20-10-9-19(4)12-13(20)2/h6-7,11,13-14,18,21H,5,8-10,12H2,1-4H3. The van der Waals surface area contributed by atoms with E-state index in [-0.39, 0.29) is 6.04 Å². The average Bonchev–Trinajstić information content (AvgIpc) is 2.44. The van der Waals surface area contributed by atoms with Gasteiger partial charge in [0.1, 0.15) is 5.75 Å². The molecule has 0 amide bonds. The monoisotopic (exact) mass is 291 g/mol. The molecule has 4 nitrogen and oxygen atoms in total. The number of benzene rings is 1. The summed E-state index contributed by atoms with van der Waals surface area (Å²) < 4.78 is 0. The van der Waals surface area contributed by atoms with Crippen LogP contribution in [0.2, 0.25) is 0 Å². The maximum atomic E-state index is 10.4. The highest BCUT2D eigenvalue weighted by atomic mass is 16.3. The lowest BCUT2D eigenvalue weighted by molar-refractivity contribution is 0.275. The Hall–Kier alpha value is -1.26. The molecule has 0 aliphatic carbocycles. The van der Waals surface area contributed by atoms with Crippen LogP contribution in [-0.4, -0.2) is 49.3 Å². The molecule has 2 unspecified atom stereocenters. The molecule has 2 N–H and O–H groups in total. The summed E-state index contributed by atoms with van der Waals surface area (Å²) in [5.41, 5.74) is 2.11. The summed E-state index contributed by atoms with van der Waals surface area (Å²) in [4.78, 5) is 4.74. The zero-order valence-electron chi connectivity index (χ0n) is 13.8. The van der Waals surface area contributed by atoms with Crippen molar-refractivity contribution < 1.29 is 5.11 Å². The minimum absolute atomic E-state index is 0.184. The van der Waals surface area contributed by atoms with Gasteiger partial charge in [-0.15, -0.1) is 0 Å². The smallest absolute Gasteiger partial charge is 0.122 e. The molecule has 1 aromatic rings. The van der Waals surface area contributed by atoms with E-state index < -0.39 is 0 Å². The van der Waals surface area contributed by atoms with E-state index in [0.717, 1.165) is 43.9 Å². The number of hydrogen-bond donors (Lipinski definition) is 2. The Bertz CT molecular complexity index is 463. The molecule has 1 saturated heterocycles. The highest BCUT2D eigenvalue weighted by Gasteiger charge is 2.22. The number of aromatic hydroxyl groups is 1. The van der Waals surface area contributed by atoms with Gasteiger partial charge in [0.05, 0.1) is 0 Å². The van der Waals surface area contributed by atoms with Crippen molar-refractivity contribution in [1.82, 2.24) is 10.2 Å². The van der Waals surface area contributed by atoms with Gasteiger partial charge in [0.25, 0.3) is 0 Å². The first-order chi connectivity index (χ1) is 10.0. The Labute approximate surface area is 128 Å². The van der Waals surface area contributed by atoms with Gasteiger partial charge in [-0.3, -0.25) is 0 Å². The third-order valence-corrected chi connectivity index (χ3v) is 4.34. The van der Waals surface area contributed by atoms with Gasteiger partial charge in [0, 0.05) is 49.0 Å². The molecule has 1 fully saturated rings. The summed E-state index contributed by atoms with van der Waals surface area (Å²) in [6.07, 6.45) is 1.10. The molecule has 0 saturated carbocycles. The van der Waals surface area contributed by atoms with Gasteiger partial charge in [-0.05, 0) is 39.9 Å². The molecule has 1 aliphatic heterocycles. The van der Waals surface area contributed by atoms with Crippen molar-refractivity contribution in [3.63, 3.8) is 0 Å². The first kappa shape index (κ1) is 16.1. The van der Waals surface area contributed by atoms with Gasteiger partial charge in [0.2, 0.25) is 0 Å². The van der Waals surface area contributed by atoms with Gasteiger partial charge in [-0.2, -0.15) is 0 Å². The number of likely N-dealkylation sites (N-methyl/N-ethyl adjacent to an activating group) is 1. The normalized spacial score (nSPS) is 21.5. The second-order valence-corrected chi connectivity index (χ2v) is 6.22. The van der Waals surface area contributed by atoms with Crippen LogP contribution in [0, 0.1) is 0 Å². The second-order valence-electron chi connectivity index (χ2n) is 6.22. The third kappa shape index (κ3) is 3.89. The Kier molecular flexibility index (Phi) is 5.48. The molecule has 1 aromatic carbocycles. The van der Waals surface area contributed by atoms with Crippen LogP contribution in [0.3, 0.4) is 0 Å². The fourth-order valence-corrected chi connectivity index (χ4v) is 3.07. The van der Waals surface area contributed by atoms with Gasteiger partial charge in [0.15, 0.2) is 0 Å². The van der Waals surface area contributed by atoms with Gasteiger partial charge >= 0.3 is 0 Å². The SMILES string of the molecule is CCCNC(C)c1ccc(N2CCN(C)CC2C)cc1O. The quantitative estimate of drug-likeness (QED) is 0.874. The highest BCUT2D eigenvalue weighted by molar-refractivity contribution is 5.55. The van der Waals surface area contributed by atoms with Crippen molar-refractivity contribution in [2.24, 2.45) is 0 Å². The molecule has 2 atom stereocenters. The minimum atomic E-state index is 0.184. The lowest BCUT2D eigenvalue weighted by atomic mass is 10.0. The number of anilines is 1. The number of nitrogens with zero attached hydrogens (tertiary/aromatic N) is 2. The first-order valence-corrected chi connectivity index (χ1v) is 8.04. The molecule has 21 heavy (non-hydrogen) atoms.